The third-order valence-corrected chi connectivity index (χ3v) is 6.88. The molecule has 0 aliphatic carbocycles. The standard InChI is InChI=1S/C29H37N7O5/c1-17-13-35(14-18(2)36(17)28(37)41-29(3,4)5)20-10-22-25(30-12-20)31-26(32-27(22)39-8)21-9-19-15-34(6)33-23(19)11-24(21)40-16-38-7/h9-12,15,17-18H,13-14,16H2,1-8H3/t17-,18+. The van der Waals surface area contributed by atoms with Crippen LogP contribution in [-0.2, 0) is 16.5 Å². The topological polar surface area (TPSA) is 117 Å². The Bertz CT molecular complexity index is 1570. The molecular formula is C29H37N7O5. The molecule has 4 heterocycles. The Hall–Kier alpha value is -4.19. The molecule has 41 heavy (non-hydrogen) atoms. The van der Waals surface area contributed by atoms with E-state index in [1.165, 1.54) is 0 Å². The van der Waals surface area contributed by atoms with E-state index in [2.05, 4.69) is 10.00 Å². The van der Waals surface area contributed by atoms with Crippen LogP contribution in [0.15, 0.2) is 30.6 Å². The number of piperazine rings is 1. The van der Waals surface area contributed by atoms with Crippen LogP contribution in [0.4, 0.5) is 10.5 Å². The Morgan fingerprint density at radius 3 is 2.46 bits per heavy atom. The molecule has 218 valence electrons. The molecule has 3 aromatic heterocycles. The Morgan fingerprint density at radius 1 is 1.07 bits per heavy atom. The van der Waals surface area contributed by atoms with Gasteiger partial charge < -0.3 is 23.8 Å². The third-order valence-electron chi connectivity index (χ3n) is 6.88. The molecule has 0 spiro atoms. The largest absolute Gasteiger partial charge is 0.480 e. The van der Waals surface area contributed by atoms with Crippen molar-refractivity contribution in [3.63, 3.8) is 0 Å². The summed E-state index contributed by atoms with van der Waals surface area (Å²) < 4.78 is 24.1. The number of fused-ring (bicyclic) bond motifs is 2. The molecule has 4 aromatic rings. The number of amides is 1. The van der Waals surface area contributed by atoms with Gasteiger partial charge >= 0.3 is 6.09 Å². The maximum atomic E-state index is 12.9. The molecule has 12 heteroatoms. The van der Waals surface area contributed by atoms with Crippen LogP contribution in [-0.4, -0.2) is 87.5 Å². The minimum Gasteiger partial charge on any atom is -0.480 e. The maximum absolute atomic E-state index is 12.9. The highest BCUT2D eigenvalue weighted by atomic mass is 16.7. The van der Waals surface area contributed by atoms with Gasteiger partial charge in [0, 0.05) is 44.9 Å². The van der Waals surface area contributed by atoms with Crippen molar-refractivity contribution in [2.45, 2.75) is 52.3 Å². The second-order valence-corrected chi connectivity index (χ2v) is 11.4. The summed E-state index contributed by atoms with van der Waals surface area (Å²) >= 11 is 0. The van der Waals surface area contributed by atoms with E-state index in [4.69, 9.17) is 33.9 Å². The van der Waals surface area contributed by atoms with Gasteiger partial charge in [0.1, 0.15) is 11.4 Å². The monoisotopic (exact) mass is 563 g/mol. The summed E-state index contributed by atoms with van der Waals surface area (Å²) in [6.45, 7) is 11.0. The molecule has 1 saturated heterocycles. The number of methoxy groups -OCH3 is 2. The fourth-order valence-corrected chi connectivity index (χ4v) is 5.22. The van der Waals surface area contributed by atoms with Crippen molar-refractivity contribution >= 4 is 33.7 Å². The second kappa shape index (κ2) is 11.0. The minimum absolute atomic E-state index is 0.0577. The van der Waals surface area contributed by atoms with Gasteiger partial charge in [-0.25, -0.2) is 14.8 Å². The quantitative estimate of drug-likeness (QED) is 0.312. The van der Waals surface area contributed by atoms with Crippen molar-refractivity contribution in [1.82, 2.24) is 29.6 Å². The molecule has 1 aliphatic rings. The van der Waals surface area contributed by atoms with Crippen LogP contribution >= 0.6 is 0 Å². The SMILES string of the molecule is COCOc1cc2nn(C)cc2cc1-c1nc(OC)c2cc(N3C[C@@H](C)N(C(=O)OC(C)(C)C)[C@@H](C)C3)cnc2n1. The van der Waals surface area contributed by atoms with Crippen molar-refractivity contribution in [1.29, 1.82) is 0 Å². The Kier molecular flexibility index (Phi) is 7.60. The molecule has 1 aromatic carbocycles. The molecule has 0 unspecified atom stereocenters. The lowest BCUT2D eigenvalue weighted by Gasteiger charge is -2.45. The number of anilines is 1. The van der Waals surface area contributed by atoms with Crippen LogP contribution in [0.3, 0.4) is 0 Å². The lowest BCUT2D eigenvalue weighted by atomic mass is 10.1. The van der Waals surface area contributed by atoms with Gasteiger partial charge in [0.05, 0.1) is 47.5 Å². The summed E-state index contributed by atoms with van der Waals surface area (Å²) in [5.41, 5.74) is 2.30. The first-order valence-corrected chi connectivity index (χ1v) is 13.5. The van der Waals surface area contributed by atoms with E-state index in [1.807, 2.05) is 71.0 Å². The third kappa shape index (κ3) is 5.83. The maximum Gasteiger partial charge on any atom is 0.410 e. The highest BCUT2D eigenvalue weighted by Gasteiger charge is 2.36. The van der Waals surface area contributed by atoms with E-state index in [0.29, 0.717) is 47.1 Å². The number of carbonyl (C=O) groups is 1. The van der Waals surface area contributed by atoms with Crippen LogP contribution in [0, 0.1) is 0 Å². The normalized spacial score (nSPS) is 17.8. The molecule has 0 bridgehead atoms. The van der Waals surface area contributed by atoms with Gasteiger partial charge in [-0.1, -0.05) is 0 Å². The van der Waals surface area contributed by atoms with Crippen LogP contribution in [0.1, 0.15) is 34.6 Å². The molecule has 0 radical (unpaired) electrons. The lowest BCUT2D eigenvalue weighted by Crippen LogP contribution is -2.59. The van der Waals surface area contributed by atoms with E-state index < -0.39 is 5.60 Å². The minimum atomic E-state index is -0.550. The predicted octanol–water partition coefficient (Wildman–Crippen LogP) is 4.40. The zero-order valence-corrected chi connectivity index (χ0v) is 24.8. The summed E-state index contributed by atoms with van der Waals surface area (Å²) in [5.74, 6) is 1.36. The number of hydrogen-bond donors (Lipinski definition) is 0. The predicted molar refractivity (Wildman–Crippen MR) is 155 cm³/mol. The van der Waals surface area contributed by atoms with Crippen LogP contribution in [0.5, 0.6) is 11.6 Å². The van der Waals surface area contributed by atoms with Crippen LogP contribution < -0.4 is 14.4 Å². The smallest absolute Gasteiger partial charge is 0.410 e. The molecule has 2 atom stereocenters. The Morgan fingerprint density at radius 2 is 1.80 bits per heavy atom. The average Bonchev–Trinajstić information content (AvgIpc) is 3.27. The summed E-state index contributed by atoms with van der Waals surface area (Å²) in [7, 11) is 5.01. The summed E-state index contributed by atoms with van der Waals surface area (Å²) in [4.78, 5) is 31.1. The molecule has 5 rings (SSSR count). The van der Waals surface area contributed by atoms with Gasteiger partial charge in [0.25, 0.3) is 0 Å². The van der Waals surface area contributed by atoms with E-state index in [1.54, 1.807) is 25.1 Å². The first kappa shape index (κ1) is 28.3. The van der Waals surface area contributed by atoms with Crippen LogP contribution in [0.2, 0.25) is 0 Å². The van der Waals surface area contributed by atoms with Crippen molar-refractivity contribution in [3.05, 3.63) is 30.6 Å². The summed E-state index contributed by atoms with van der Waals surface area (Å²) in [6.07, 6.45) is 3.43. The van der Waals surface area contributed by atoms with Gasteiger partial charge in [0.15, 0.2) is 18.3 Å². The number of aromatic nitrogens is 5. The van der Waals surface area contributed by atoms with Crippen molar-refractivity contribution in [3.8, 4) is 23.0 Å². The molecule has 1 aliphatic heterocycles. The molecule has 12 nitrogen and oxygen atoms in total. The molecule has 0 N–H and O–H groups in total. The van der Waals surface area contributed by atoms with Crippen molar-refractivity contribution < 1.29 is 23.7 Å². The molecule has 1 amide bonds. The van der Waals surface area contributed by atoms with Gasteiger partial charge in [-0.15, -0.1) is 0 Å². The number of benzene rings is 1. The highest BCUT2D eigenvalue weighted by Crippen LogP contribution is 2.36. The number of pyridine rings is 1. The first-order chi connectivity index (χ1) is 19.5. The number of nitrogens with zero attached hydrogens (tertiary/aromatic N) is 7. The molecule has 0 saturated carbocycles. The van der Waals surface area contributed by atoms with E-state index >= 15 is 0 Å². The van der Waals surface area contributed by atoms with Gasteiger partial charge in [-0.2, -0.15) is 10.1 Å². The van der Waals surface area contributed by atoms with Crippen LogP contribution in [0.25, 0.3) is 33.3 Å². The zero-order chi connectivity index (χ0) is 29.5. The van der Waals surface area contributed by atoms with Gasteiger partial charge in [0.2, 0.25) is 5.88 Å². The second-order valence-electron chi connectivity index (χ2n) is 11.4. The molecule has 1 fully saturated rings. The highest BCUT2D eigenvalue weighted by molar-refractivity contribution is 5.89. The lowest BCUT2D eigenvalue weighted by molar-refractivity contribution is 0.00565. The zero-order valence-electron chi connectivity index (χ0n) is 24.8. The summed E-state index contributed by atoms with van der Waals surface area (Å²) in [6, 6.07) is 5.66. The average molecular weight is 564 g/mol. The fraction of sp³-hybridized carbons (Fsp3) is 0.483. The number of carbonyl (C=O) groups excluding carboxylic acids is 1. The fourth-order valence-electron chi connectivity index (χ4n) is 5.22. The number of ether oxygens (including phenoxy) is 4. The van der Waals surface area contributed by atoms with E-state index in [9.17, 15) is 4.79 Å². The molecular weight excluding hydrogens is 526 g/mol. The Balaban J connectivity index is 1.48. The van der Waals surface area contributed by atoms with Crippen molar-refractivity contribution in [2.75, 3.05) is 39.0 Å². The first-order valence-electron chi connectivity index (χ1n) is 13.5. The summed E-state index contributed by atoms with van der Waals surface area (Å²) in [5, 5.41) is 6.09. The van der Waals surface area contributed by atoms with Gasteiger partial charge in [-0.05, 0) is 46.8 Å². The van der Waals surface area contributed by atoms with Gasteiger partial charge in [-0.3, -0.25) is 9.58 Å². The van der Waals surface area contributed by atoms with E-state index in [-0.39, 0.29) is 25.0 Å². The van der Waals surface area contributed by atoms with E-state index in [0.717, 1.165) is 16.6 Å². The number of hydrogen-bond acceptors (Lipinski definition) is 10. The van der Waals surface area contributed by atoms with Crippen molar-refractivity contribution in [2.24, 2.45) is 7.05 Å². The number of rotatable bonds is 6. The Labute approximate surface area is 239 Å². The number of aryl methyl sites for hydroxylation is 1.